The molecule has 19 heavy (non-hydrogen) atoms. The van der Waals surface area contributed by atoms with Crippen LogP contribution < -0.4 is 0 Å². The number of rotatable bonds is 3. The molecule has 0 aliphatic carbocycles. The molecule has 1 aromatic rings. The molecule has 100 valence electrons. The number of hydrogen-bond acceptors (Lipinski definition) is 4. The second-order valence-electron chi connectivity index (χ2n) is 4.16. The van der Waals surface area contributed by atoms with E-state index in [9.17, 15) is 14.4 Å². The van der Waals surface area contributed by atoms with Gasteiger partial charge in [0.15, 0.2) is 0 Å². The monoisotopic (exact) mass is 281 g/mol. The van der Waals surface area contributed by atoms with Crippen LogP contribution in [-0.4, -0.2) is 28.2 Å². The van der Waals surface area contributed by atoms with Crippen molar-refractivity contribution in [2.45, 2.75) is 25.5 Å². The second kappa shape index (κ2) is 5.84. The van der Waals surface area contributed by atoms with Crippen LogP contribution >= 0.6 is 11.6 Å². The highest BCUT2D eigenvalue weighted by molar-refractivity contribution is 6.65. The predicted octanol–water partition coefficient (Wildman–Crippen LogP) is 2.08. The Morgan fingerprint density at radius 3 is 2.63 bits per heavy atom. The first kappa shape index (κ1) is 13.5. The van der Waals surface area contributed by atoms with Crippen LogP contribution in [0.4, 0.5) is 4.79 Å². The fourth-order valence-corrected chi connectivity index (χ4v) is 2.12. The maximum absolute atomic E-state index is 11.8. The van der Waals surface area contributed by atoms with Crippen LogP contribution in [0.15, 0.2) is 30.3 Å². The van der Waals surface area contributed by atoms with Crippen LogP contribution in [0, 0.1) is 0 Å². The summed E-state index contributed by atoms with van der Waals surface area (Å²) >= 11 is 5.36. The van der Waals surface area contributed by atoms with Crippen LogP contribution in [0.25, 0.3) is 0 Å². The van der Waals surface area contributed by atoms with Gasteiger partial charge in [0.25, 0.3) is 0 Å². The van der Waals surface area contributed by atoms with E-state index >= 15 is 0 Å². The highest BCUT2D eigenvalue weighted by atomic mass is 35.5. The average molecular weight is 282 g/mol. The molecular weight excluding hydrogens is 270 g/mol. The van der Waals surface area contributed by atoms with Crippen molar-refractivity contribution >= 4 is 28.8 Å². The lowest BCUT2D eigenvalue weighted by molar-refractivity contribution is -0.130. The Bertz CT molecular complexity index is 503. The minimum atomic E-state index is -0.905. The summed E-state index contributed by atoms with van der Waals surface area (Å²) in [6, 6.07) is 8.16. The summed E-state index contributed by atoms with van der Waals surface area (Å²) < 4.78 is 5.02. The molecule has 0 saturated carbocycles. The van der Waals surface area contributed by atoms with Gasteiger partial charge in [-0.05, 0) is 23.6 Å². The zero-order chi connectivity index (χ0) is 13.8. The fourth-order valence-electron chi connectivity index (χ4n) is 1.92. The first-order valence-electron chi connectivity index (χ1n) is 5.81. The average Bonchev–Trinajstić information content (AvgIpc) is 2.79. The van der Waals surface area contributed by atoms with Gasteiger partial charge in [0.2, 0.25) is 11.1 Å². The number of nitrogens with zero attached hydrogens (tertiary/aromatic N) is 1. The number of hydrogen-bond donors (Lipinski definition) is 0. The SMILES string of the molecule is O=C(Cl)[C@@H]1CCC(=O)N1C(=O)OCc1ccccc1. The number of ether oxygens (including phenoxy) is 1. The summed E-state index contributed by atoms with van der Waals surface area (Å²) in [6.07, 6.45) is -0.448. The third-order valence-electron chi connectivity index (χ3n) is 2.88. The Hall–Kier alpha value is -1.88. The van der Waals surface area contributed by atoms with Gasteiger partial charge in [-0.25, -0.2) is 9.69 Å². The molecule has 1 aliphatic rings. The van der Waals surface area contributed by atoms with Crippen molar-refractivity contribution in [1.82, 2.24) is 4.90 Å². The Balaban J connectivity index is 1.99. The van der Waals surface area contributed by atoms with E-state index < -0.39 is 23.3 Å². The first-order valence-corrected chi connectivity index (χ1v) is 6.19. The van der Waals surface area contributed by atoms with Crippen LogP contribution in [0.2, 0.25) is 0 Å². The molecule has 6 heteroatoms. The summed E-state index contributed by atoms with van der Waals surface area (Å²) in [4.78, 5) is 35.3. The van der Waals surface area contributed by atoms with Crippen molar-refractivity contribution in [1.29, 1.82) is 0 Å². The zero-order valence-electron chi connectivity index (χ0n) is 10.0. The molecular formula is C13H12ClNO4. The lowest BCUT2D eigenvalue weighted by Gasteiger charge is -2.19. The molecule has 5 nitrogen and oxygen atoms in total. The third-order valence-corrected chi connectivity index (χ3v) is 3.13. The molecule has 2 rings (SSSR count). The molecule has 0 spiro atoms. The van der Waals surface area contributed by atoms with Crippen molar-refractivity contribution in [3.05, 3.63) is 35.9 Å². The summed E-state index contributed by atoms with van der Waals surface area (Å²) in [6.45, 7) is 0.0483. The first-order chi connectivity index (χ1) is 9.09. The molecule has 1 atom stereocenters. The number of benzene rings is 1. The highest BCUT2D eigenvalue weighted by Gasteiger charge is 2.40. The van der Waals surface area contributed by atoms with Gasteiger partial charge in [-0.1, -0.05) is 30.3 Å². The van der Waals surface area contributed by atoms with E-state index in [0.717, 1.165) is 10.5 Å². The van der Waals surface area contributed by atoms with Crippen molar-refractivity contribution < 1.29 is 19.1 Å². The molecule has 0 radical (unpaired) electrons. The molecule has 1 heterocycles. The minimum Gasteiger partial charge on any atom is -0.444 e. The maximum atomic E-state index is 11.8. The Kier molecular flexibility index (Phi) is 4.16. The van der Waals surface area contributed by atoms with E-state index in [2.05, 4.69) is 0 Å². The maximum Gasteiger partial charge on any atom is 0.417 e. The van der Waals surface area contributed by atoms with Gasteiger partial charge in [0.05, 0.1) is 0 Å². The summed E-state index contributed by atoms with van der Waals surface area (Å²) in [5.41, 5.74) is 0.802. The van der Waals surface area contributed by atoms with E-state index in [-0.39, 0.29) is 19.4 Å². The summed E-state index contributed by atoms with van der Waals surface area (Å²) in [5.74, 6) is -0.433. The number of halogens is 1. The Morgan fingerprint density at radius 2 is 2.00 bits per heavy atom. The van der Waals surface area contributed by atoms with Gasteiger partial charge in [0, 0.05) is 6.42 Å². The van der Waals surface area contributed by atoms with Crippen LogP contribution in [-0.2, 0) is 20.9 Å². The number of amides is 2. The van der Waals surface area contributed by atoms with Gasteiger partial charge >= 0.3 is 6.09 Å². The molecule has 1 fully saturated rings. The van der Waals surface area contributed by atoms with E-state index in [4.69, 9.17) is 16.3 Å². The Morgan fingerprint density at radius 1 is 1.32 bits per heavy atom. The van der Waals surface area contributed by atoms with Crippen LogP contribution in [0.1, 0.15) is 18.4 Å². The quantitative estimate of drug-likeness (QED) is 0.796. The van der Waals surface area contributed by atoms with E-state index in [0.29, 0.717) is 0 Å². The summed E-state index contributed by atoms with van der Waals surface area (Å²) in [5, 5.41) is -0.720. The predicted molar refractivity (Wildman–Crippen MR) is 67.4 cm³/mol. The molecule has 2 amide bonds. The summed E-state index contributed by atoms with van der Waals surface area (Å²) in [7, 11) is 0. The number of carbonyl (C=O) groups excluding carboxylic acids is 3. The molecule has 1 aromatic carbocycles. The molecule has 0 unspecified atom stereocenters. The second-order valence-corrected chi connectivity index (χ2v) is 4.54. The number of imide groups is 1. The van der Waals surface area contributed by atoms with Crippen LogP contribution in [0.3, 0.4) is 0 Å². The molecule has 1 saturated heterocycles. The topological polar surface area (TPSA) is 63.7 Å². The van der Waals surface area contributed by atoms with Gasteiger partial charge in [-0.2, -0.15) is 0 Å². The fraction of sp³-hybridized carbons (Fsp3) is 0.308. The molecule has 0 N–H and O–H groups in total. The van der Waals surface area contributed by atoms with Crippen LogP contribution in [0.5, 0.6) is 0 Å². The van der Waals surface area contributed by atoms with Gasteiger partial charge in [-0.3, -0.25) is 9.59 Å². The zero-order valence-corrected chi connectivity index (χ0v) is 10.8. The molecule has 1 aliphatic heterocycles. The molecule has 0 bridgehead atoms. The largest absolute Gasteiger partial charge is 0.444 e. The van der Waals surface area contributed by atoms with E-state index in [1.165, 1.54) is 0 Å². The standard InChI is InChI=1S/C13H12ClNO4/c14-12(17)10-6-7-11(16)15(10)13(18)19-8-9-4-2-1-3-5-9/h1-5,10H,6-8H2/t10-/m0/s1. The van der Waals surface area contributed by atoms with E-state index in [1.807, 2.05) is 18.2 Å². The number of likely N-dealkylation sites (tertiary alicyclic amines) is 1. The highest BCUT2D eigenvalue weighted by Crippen LogP contribution is 2.22. The van der Waals surface area contributed by atoms with E-state index in [1.54, 1.807) is 12.1 Å². The third kappa shape index (κ3) is 3.12. The lowest BCUT2D eigenvalue weighted by Crippen LogP contribution is -2.41. The van der Waals surface area contributed by atoms with Gasteiger partial charge < -0.3 is 4.74 Å². The Labute approximate surface area is 115 Å². The smallest absolute Gasteiger partial charge is 0.417 e. The van der Waals surface area contributed by atoms with Gasteiger partial charge in [-0.15, -0.1) is 0 Å². The van der Waals surface area contributed by atoms with Crippen molar-refractivity contribution in [2.24, 2.45) is 0 Å². The molecule has 0 aromatic heterocycles. The van der Waals surface area contributed by atoms with Crippen molar-refractivity contribution in [3.63, 3.8) is 0 Å². The minimum absolute atomic E-state index is 0.0483. The number of carbonyl (C=O) groups is 3. The van der Waals surface area contributed by atoms with Crippen molar-refractivity contribution in [2.75, 3.05) is 0 Å². The lowest BCUT2D eigenvalue weighted by atomic mass is 10.2. The van der Waals surface area contributed by atoms with Crippen molar-refractivity contribution in [3.8, 4) is 0 Å². The van der Waals surface area contributed by atoms with Gasteiger partial charge in [0.1, 0.15) is 12.6 Å². The normalized spacial score (nSPS) is 18.5.